The Bertz CT molecular complexity index is 570. The highest BCUT2D eigenvalue weighted by Gasteiger charge is 2.35. The molecule has 3 heterocycles. The molecule has 2 aromatic heterocycles. The maximum atomic E-state index is 9.77. The van der Waals surface area contributed by atoms with Crippen molar-refractivity contribution in [3.8, 4) is 0 Å². The van der Waals surface area contributed by atoms with Gasteiger partial charge in [-0.3, -0.25) is 4.57 Å². The highest BCUT2D eigenvalue weighted by Crippen LogP contribution is 2.31. The van der Waals surface area contributed by atoms with E-state index in [1.54, 1.807) is 6.20 Å². The van der Waals surface area contributed by atoms with E-state index in [2.05, 4.69) is 15.0 Å². The predicted octanol–water partition coefficient (Wildman–Crippen LogP) is -0.225. The van der Waals surface area contributed by atoms with Crippen LogP contribution in [-0.2, 0) is 4.74 Å². The number of aliphatic hydroxyl groups is 2. The van der Waals surface area contributed by atoms with Crippen molar-refractivity contribution in [2.45, 2.75) is 31.8 Å². The van der Waals surface area contributed by atoms with Crippen molar-refractivity contribution >= 4 is 11.2 Å². The van der Waals surface area contributed by atoms with Gasteiger partial charge in [0.25, 0.3) is 0 Å². The first-order valence-electron chi connectivity index (χ1n) is 5.79. The molecule has 7 nitrogen and oxygen atoms in total. The lowest BCUT2D eigenvalue weighted by Gasteiger charge is -2.15. The van der Waals surface area contributed by atoms with Crippen LogP contribution < -0.4 is 0 Å². The van der Waals surface area contributed by atoms with Crippen LogP contribution >= 0.6 is 0 Å². The smallest absolute Gasteiger partial charge is 0.165 e. The summed E-state index contributed by atoms with van der Waals surface area (Å²) in [6, 6.07) is 0. The second-order valence-electron chi connectivity index (χ2n) is 4.38. The zero-order valence-electron chi connectivity index (χ0n) is 9.89. The van der Waals surface area contributed by atoms with Crippen molar-refractivity contribution in [1.29, 1.82) is 0 Å². The van der Waals surface area contributed by atoms with Gasteiger partial charge in [0, 0.05) is 6.42 Å². The number of aromatic nitrogens is 4. The lowest BCUT2D eigenvalue weighted by atomic mass is 10.2. The maximum absolute atomic E-state index is 9.77. The molecule has 1 aliphatic rings. The molecule has 0 aliphatic carbocycles. The number of nitrogens with zero attached hydrogens (tertiary/aromatic N) is 4. The minimum atomic E-state index is -0.668. The van der Waals surface area contributed by atoms with Gasteiger partial charge in [-0.05, 0) is 6.92 Å². The Morgan fingerprint density at radius 1 is 1.56 bits per heavy atom. The molecule has 0 spiro atoms. The number of hydrogen-bond donors (Lipinski definition) is 2. The summed E-state index contributed by atoms with van der Waals surface area (Å²) in [6.07, 6.45) is 1.95. The molecule has 0 radical (unpaired) electrons. The third-order valence-corrected chi connectivity index (χ3v) is 3.20. The molecule has 1 saturated heterocycles. The summed E-state index contributed by atoms with van der Waals surface area (Å²) in [6.45, 7) is 1.65. The molecular weight excluding hydrogens is 236 g/mol. The average Bonchev–Trinajstić information content (AvgIpc) is 2.88. The largest absolute Gasteiger partial charge is 0.394 e. The van der Waals surface area contributed by atoms with E-state index in [9.17, 15) is 5.11 Å². The Hall–Kier alpha value is -1.57. The fourth-order valence-electron chi connectivity index (χ4n) is 2.34. The molecule has 0 unspecified atom stereocenters. The lowest BCUT2D eigenvalue weighted by Crippen LogP contribution is -2.24. The zero-order chi connectivity index (χ0) is 12.7. The van der Waals surface area contributed by atoms with Gasteiger partial charge in [0.15, 0.2) is 5.65 Å². The van der Waals surface area contributed by atoms with Crippen molar-refractivity contribution in [3.63, 3.8) is 0 Å². The first-order valence-corrected chi connectivity index (χ1v) is 5.79. The van der Waals surface area contributed by atoms with Gasteiger partial charge in [0.1, 0.15) is 30.0 Å². The van der Waals surface area contributed by atoms with Crippen molar-refractivity contribution in [3.05, 3.63) is 18.3 Å². The number of hydrogen-bond acceptors (Lipinski definition) is 6. The van der Waals surface area contributed by atoms with Gasteiger partial charge in [-0.1, -0.05) is 0 Å². The van der Waals surface area contributed by atoms with E-state index in [0.717, 1.165) is 5.82 Å². The Morgan fingerprint density at radius 2 is 2.39 bits per heavy atom. The van der Waals surface area contributed by atoms with Crippen LogP contribution in [0.25, 0.3) is 11.2 Å². The molecule has 1 aliphatic heterocycles. The summed E-state index contributed by atoms with van der Waals surface area (Å²) in [4.78, 5) is 12.5. The molecule has 2 N–H and O–H groups in total. The minimum absolute atomic E-state index is 0.196. The summed E-state index contributed by atoms with van der Waals surface area (Å²) < 4.78 is 7.45. The molecule has 0 aromatic carbocycles. The van der Waals surface area contributed by atoms with Gasteiger partial charge >= 0.3 is 0 Å². The van der Waals surface area contributed by atoms with Crippen molar-refractivity contribution < 1.29 is 14.9 Å². The summed E-state index contributed by atoms with van der Waals surface area (Å²) in [5.41, 5.74) is 1.37. The van der Waals surface area contributed by atoms with E-state index in [-0.39, 0.29) is 12.8 Å². The van der Waals surface area contributed by atoms with E-state index < -0.39 is 12.2 Å². The number of aliphatic hydroxyl groups excluding tert-OH is 2. The topological polar surface area (TPSA) is 93.3 Å². The highest BCUT2D eigenvalue weighted by atomic mass is 16.5. The van der Waals surface area contributed by atoms with Crippen LogP contribution in [0.1, 0.15) is 18.5 Å². The molecule has 3 rings (SSSR count). The van der Waals surface area contributed by atoms with Crippen LogP contribution in [0, 0.1) is 6.92 Å². The maximum Gasteiger partial charge on any atom is 0.165 e. The Labute approximate surface area is 103 Å². The van der Waals surface area contributed by atoms with Gasteiger partial charge in [0.05, 0.1) is 18.9 Å². The quantitative estimate of drug-likeness (QED) is 0.765. The van der Waals surface area contributed by atoms with E-state index in [0.29, 0.717) is 17.6 Å². The van der Waals surface area contributed by atoms with E-state index >= 15 is 0 Å². The zero-order valence-corrected chi connectivity index (χ0v) is 9.89. The van der Waals surface area contributed by atoms with Crippen LogP contribution in [0.2, 0.25) is 0 Å². The highest BCUT2D eigenvalue weighted by molar-refractivity contribution is 5.70. The van der Waals surface area contributed by atoms with Crippen LogP contribution in [0.4, 0.5) is 0 Å². The molecule has 18 heavy (non-hydrogen) atoms. The van der Waals surface area contributed by atoms with Crippen molar-refractivity contribution in [2.75, 3.05) is 6.61 Å². The third-order valence-electron chi connectivity index (χ3n) is 3.20. The van der Waals surface area contributed by atoms with Gasteiger partial charge in [-0.15, -0.1) is 0 Å². The molecule has 1 fully saturated rings. The summed E-state index contributed by atoms with van der Waals surface area (Å²) in [5.74, 6) is 0.751. The fraction of sp³-hybridized carbons (Fsp3) is 0.545. The number of ether oxygens (including phenoxy) is 1. The average molecular weight is 250 g/mol. The number of fused-ring (bicyclic) bond motifs is 1. The lowest BCUT2D eigenvalue weighted by molar-refractivity contribution is -0.0438. The second-order valence-corrected chi connectivity index (χ2v) is 4.38. The minimum Gasteiger partial charge on any atom is -0.394 e. The van der Waals surface area contributed by atoms with Crippen LogP contribution in [0.5, 0.6) is 0 Å². The normalized spacial score (nSPS) is 28.1. The van der Waals surface area contributed by atoms with Gasteiger partial charge in [-0.25, -0.2) is 15.0 Å². The Morgan fingerprint density at radius 3 is 3.11 bits per heavy atom. The SMILES string of the molecule is Cc1nc2cncnc2n1[C@H]1C[C@@H](O)[C@H](CO)O1. The summed E-state index contributed by atoms with van der Waals surface area (Å²) >= 11 is 0. The summed E-state index contributed by atoms with van der Waals surface area (Å²) in [7, 11) is 0. The van der Waals surface area contributed by atoms with E-state index in [4.69, 9.17) is 9.84 Å². The standard InChI is InChI=1S/C11H14N4O3/c1-6-14-7-3-12-5-13-11(7)15(6)10-2-8(17)9(4-16)18-10/h3,5,8-10,16-17H,2,4H2,1H3/t8-,9+,10-/m1/s1. The van der Waals surface area contributed by atoms with Gasteiger partial charge in [-0.2, -0.15) is 0 Å². The van der Waals surface area contributed by atoms with E-state index in [1.807, 2.05) is 11.5 Å². The molecule has 0 saturated carbocycles. The molecule has 0 bridgehead atoms. The predicted molar refractivity (Wildman–Crippen MR) is 61.7 cm³/mol. The Kier molecular flexibility index (Phi) is 2.73. The molecule has 0 amide bonds. The van der Waals surface area contributed by atoms with Crippen LogP contribution in [0.3, 0.4) is 0 Å². The number of imidazole rings is 1. The molecule has 7 heteroatoms. The molecule has 2 aromatic rings. The van der Waals surface area contributed by atoms with Crippen molar-refractivity contribution in [1.82, 2.24) is 19.5 Å². The second kappa shape index (κ2) is 4.27. The Balaban J connectivity index is 2.02. The van der Waals surface area contributed by atoms with E-state index in [1.165, 1.54) is 6.33 Å². The number of rotatable bonds is 2. The van der Waals surface area contributed by atoms with Crippen molar-refractivity contribution in [2.24, 2.45) is 0 Å². The van der Waals surface area contributed by atoms with Crippen LogP contribution in [0.15, 0.2) is 12.5 Å². The first-order chi connectivity index (χ1) is 8.70. The fourth-order valence-corrected chi connectivity index (χ4v) is 2.34. The van der Waals surface area contributed by atoms with Gasteiger partial charge in [0.2, 0.25) is 0 Å². The van der Waals surface area contributed by atoms with Gasteiger partial charge < -0.3 is 14.9 Å². The summed E-state index contributed by atoms with van der Waals surface area (Å²) in [5, 5.41) is 18.9. The molecule has 3 atom stereocenters. The van der Waals surface area contributed by atoms with Crippen LogP contribution in [-0.4, -0.2) is 48.5 Å². The molecule has 96 valence electrons. The molecular formula is C11H14N4O3. The first kappa shape index (κ1) is 11.5. The monoisotopic (exact) mass is 250 g/mol. The number of aryl methyl sites for hydroxylation is 1. The third kappa shape index (κ3) is 1.67.